The number of hydrazine groups is 1. The number of benzene rings is 1. The molecule has 1 aliphatic rings. The molecular weight excluding hydrogens is 252 g/mol. The number of thiophene rings is 1. The lowest BCUT2D eigenvalue weighted by Crippen LogP contribution is -2.40. The average molecular weight is 272 g/mol. The molecule has 0 spiro atoms. The monoisotopic (exact) mass is 272 g/mol. The predicted molar refractivity (Wildman–Crippen MR) is 82.0 cm³/mol. The Hall–Kier alpha value is -1.16. The van der Waals surface area contributed by atoms with Gasteiger partial charge in [-0.1, -0.05) is 36.8 Å². The summed E-state index contributed by atoms with van der Waals surface area (Å²) in [7, 11) is 0. The largest absolute Gasteiger partial charge is 0.250 e. The normalized spacial score (nSPS) is 16.6. The minimum Gasteiger partial charge on any atom is -0.250 e. The molecule has 2 aromatic rings. The van der Waals surface area contributed by atoms with E-state index in [1.165, 1.54) is 48.4 Å². The van der Waals surface area contributed by atoms with Gasteiger partial charge in [-0.3, -0.25) is 0 Å². The smallest absolute Gasteiger partial charge is 0.0447 e. The van der Waals surface area contributed by atoms with Crippen molar-refractivity contribution in [2.45, 2.75) is 25.8 Å². The van der Waals surface area contributed by atoms with E-state index in [4.69, 9.17) is 0 Å². The lowest BCUT2D eigenvalue weighted by molar-refractivity contribution is 0.152. The molecule has 1 aromatic heterocycles. The first-order valence-electron chi connectivity index (χ1n) is 7.03. The van der Waals surface area contributed by atoms with Gasteiger partial charge in [-0.15, -0.1) is 11.3 Å². The SMILES string of the molecule is c1ccc(-c2csc(CNN3CCCCC3)c2)cc1. The van der Waals surface area contributed by atoms with Gasteiger partial charge in [0.1, 0.15) is 0 Å². The van der Waals surface area contributed by atoms with Crippen LogP contribution >= 0.6 is 11.3 Å². The highest BCUT2D eigenvalue weighted by atomic mass is 32.1. The van der Waals surface area contributed by atoms with Crippen molar-refractivity contribution in [2.24, 2.45) is 0 Å². The summed E-state index contributed by atoms with van der Waals surface area (Å²) in [5.74, 6) is 0. The first-order chi connectivity index (χ1) is 9.42. The Morgan fingerprint density at radius 1 is 1.00 bits per heavy atom. The molecule has 3 rings (SSSR count). The summed E-state index contributed by atoms with van der Waals surface area (Å²) in [5.41, 5.74) is 6.19. The fourth-order valence-electron chi connectivity index (χ4n) is 2.50. The third-order valence-corrected chi connectivity index (χ3v) is 4.53. The number of nitrogens with one attached hydrogen (secondary N) is 1. The third kappa shape index (κ3) is 3.44. The standard InChI is InChI=1S/C16H20N2S/c1-3-7-14(8-4-1)15-11-16(19-13-15)12-17-18-9-5-2-6-10-18/h1,3-4,7-8,11,13,17H,2,5-6,9-10,12H2. The van der Waals surface area contributed by atoms with Crippen LogP contribution in [0.4, 0.5) is 0 Å². The van der Waals surface area contributed by atoms with E-state index in [9.17, 15) is 0 Å². The fraction of sp³-hybridized carbons (Fsp3) is 0.375. The average Bonchev–Trinajstić information content (AvgIpc) is 2.96. The zero-order chi connectivity index (χ0) is 12.9. The summed E-state index contributed by atoms with van der Waals surface area (Å²) >= 11 is 1.84. The molecule has 0 aliphatic carbocycles. The number of nitrogens with zero attached hydrogens (tertiary/aromatic N) is 1. The minimum atomic E-state index is 0.956. The first-order valence-corrected chi connectivity index (χ1v) is 7.91. The zero-order valence-corrected chi connectivity index (χ0v) is 12.0. The number of hydrogen-bond donors (Lipinski definition) is 1. The van der Waals surface area contributed by atoms with Gasteiger partial charge in [-0.05, 0) is 35.4 Å². The van der Waals surface area contributed by atoms with Crippen LogP contribution in [0.2, 0.25) is 0 Å². The highest BCUT2D eigenvalue weighted by molar-refractivity contribution is 7.10. The highest BCUT2D eigenvalue weighted by Gasteiger charge is 2.09. The molecule has 0 bridgehead atoms. The van der Waals surface area contributed by atoms with E-state index in [2.05, 4.69) is 52.2 Å². The van der Waals surface area contributed by atoms with Crippen molar-refractivity contribution < 1.29 is 0 Å². The molecule has 2 heterocycles. The van der Waals surface area contributed by atoms with E-state index in [1.54, 1.807) is 0 Å². The Morgan fingerprint density at radius 2 is 1.79 bits per heavy atom. The molecule has 1 aromatic carbocycles. The van der Waals surface area contributed by atoms with Crippen LogP contribution in [0.25, 0.3) is 11.1 Å². The van der Waals surface area contributed by atoms with Crippen molar-refractivity contribution in [2.75, 3.05) is 13.1 Å². The Balaban J connectivity index is 1.59. The van der Waals surface area contributed by atoms with Gasteiger partial charge in [0.15, 0.2) is 0 Å². The summed E-state index contributed by atoms with van der Waals surface area (Å²) in [5, 5.41) is 4.62. The summed E-state index contributed by atoms with van der Waals surface area (Å²) in [6.07, 6.45) is 4.04. The maximum absolute atomic E-state index is 3.55. The van der Waals surface area contributed by atoms with Crippen molar-refractivity contribution >= 4 is 11.3 Å². The molecular formula is C16H20N2S. The van der Waals surface area contributed by atoms with E-state index in [0.29, 0.717) is 0 Å². The topological polar surface area (TPSA) is 15.3 Å². The maximum Gasteiger partial charge on any atom is 0.0447 e. The van der Waals surface area contributed by atoms with Gasteiger partial charge in [-0.25, -0.2) is 10.4 Å². The second-order valence-corrected chi connectivity index (χ2v) is 6.05. The molecule has 1 saturated heterocycles. The van der Waals surface area contributed by atoms with Gasteiger partial charge in [0.25, 0.3) is 0 Å². The Labute approximate surface area is 119 Å². The number of hydrogen-bond acceptors (Lipinski definition) is 3. The molecule has 3 heteroatoms. The Morgan fingerprint density at radius 3 is 2.58 bits per heavy atom. The van der Waals surface area contributed by atoms with E-state index in [0.717, 1.165) is 6.54 Å². The fourth-order valence-corrected chi connectivity index (χ4v) is 3.32. The third-order valence-electron chi connectivity index (χ3n) is 3.59. The van der Waals surface area contributed by atoms with Crippen LogP contribution in [-0.4, -0.2) is 18.1 Å². The quantitative estimate of drug-likeness (QED) is 0.908. The highest BCUT2D eigenvalue weighted by Crippen LogP contribution is 2.25. The van der Waals surface area contributed by atoms with Crippen LogP contribution in [0.3, 0.4) is 0 Å². The van der Waals surface area contributed by atoms with Crippen LogP contribution in [-0.2, 0) is 6.54 Å². The predicted octanol–water partition coefficient (Wildman–Crippen LogP) is 3.91. The molecule has 0 unspecified atom stereocenters. The molecule has 1 aliphatic heterocycles. The van der Waals surface area contributed by atoms with Gasteiger partial charge in [-0.2, -0.15) is 0 Å². The Bertz CT molecular complexity index is 500. The van der Waals surface area contributed by atoms with E-state index in [1.807, 2.05) is 11.3 Å². The van der Waals surface area contributed by atoms with Gasteiger partial charge in [0.2, 0.25) is 0 Å². The van der Waals surface area contributed by atoms with Crippen molar-refractivity contribution in [3.63, 3.8) is 0 Å². The van der Waals surface area contributed by atoms with E-state index in [-0.39, 0.29) is 0 Å². The van der Waals surface area contributed by atoms with Crippen LogP contribution in [0, 0.1) is 0 Å². The molecule has 0 atom stereocenters. The molecule has 1 N–H and O–H groups in total. The maximum atomic E-state index is 3.55. The van der Waals surface area contributed by atoms with Crippen LogP contribution < -0.4 is 5.43 Å². The van der Waals surface area contributed by atoms with Crippen LogP contribution in [0.15, 0.2) is 41.8 Å². The number of piperidine rings is 1. The van der Waals surface area contributed by atoms with Gasteiger partial charge >= 0.3 is 0 Å². The van der Waals surface area contributed by atoms with Gasteiger partial charge in [0.05, 0.1) is 0 Å². The second-order valence-electron chi connectivity index (χ2n) is 5.05. The summed E-state index contributed by atoms with van der Waals surface area (Å²) < 4.78 is 0. The van der Waals surface area contributed by atoms with Crippen molar-refractivity contribution in [3.05, 3.63) is 46.7 Å². The second kappa shape index (κ2) is 6.33. The van der Waals surface area contributed by atoms with Gasteiger partial charge < -0.3 is 0 Å². The number of rotatable bonds is 4. The van der Waals surface area contributed by atoms with Crippen molar-refractivity contribution in [1.82, 2.24) is 10.4 Å². The molecule has 0 amide bonds. The lowest BCUT2D eigenvalue weighted by atomic mass is 10.1. The first kappa shape index (κ1) is 12.9. The van der Waals surface area contributed by atoms with Crippen molar-refractivity contribution in [3.8, 4) is 11.1 Å². The lowest BCUT2D eigenvalue weighted by Gasteiger charge is -2.26. The molecule has 2 nitrogen and oxygen atoms in total. The molecule has 0 saturated carbocycles. The van der Waals surface area contributed by atoms with Crippen LogP contribution in [0.1, 0.15) is 24.1 Å². The minimum absolute atomic E-state index is 0.956. The van der Waals surface area contributed by atoms with Crippen molar-refractivity contribution in [1.29, 1.82) is 0 Å². The molecule has 100 valence electrons. The van der Waals surface area contributed by atoms with Crippen LogP contribution in [0.5, 0.6) is 0 Å². The molecule has 19 heavy (non-hydrogen) atoms. The molecule has 1 fully saturated rings. The Kier molecular flexibility index (Phi) is 4.28. The summed E-state index contributed by atoms with van der Waals surface area (Å²) in [6.45, 7) is 3.34. The summed E-state index contributed by atoms with van der Waals surface area (Å²) in [4.78, 5) is 1.41. The summed E-state index contributed by atoms with van der Waals surface area (Å²) in [6, 6.07) is 12.9. The zero-order valence-electron chi connectivity index (χ0n) is 11.1. The van der Waals surface area contributed by atoms with E-state index < -0.39 is 0 Å². The molecule has 0 radical (unpaired) electrons. The van der Waals surface area contributed by atoms with Gasteiger partial charge in [0, 0.05) is 24.5 Å². The van der Waals surface area contributed by atoms with E-state index >= 15 is 0 Å².